The second-order valence-corrected chi connectivity index (χ2v) is 7.27. The van der Waals surface area contributed by atoms with Crippen LogP contribution in [-0.4, -0.2) is 6.04 Å². The lowest BCUT2D eigenvalue weighted by Crippen LogP contribution is -2.39. The summed E-state index contributed by atoms with van der Waals surface area (Å²) in [5.74, 6) is 0.796. The molecule has 1 aliphatic rings. The predicted octanol–water partition coefficient (Wildman–Crippen LogP) is 5.54. The quantitative estimate of drug-likeness (QED) is 0.623. The fourth-order valence-corrected chi connectivity index (χ4v) is 4.17. The molecule has 0 aromatic heterocycles. The summed E-state index contributed by atoms with van der Waals surface area (Å²) >= 11 is 0. The SMILES string of the molecule is Cc1ccc([C@H]2[C@H](N)[C@H](c3ccccc3)C=C[C@@H]2c2ccccc2)cc1. The van der Waals surface area contributed by atoms with Gasteiger partial charge >= 0.3 is 0 Å². The smallest absolute Gasteiger partial charge is 0.0221 e. The van der Waals surface area contributed by atoms with Gasteiger partial charge in [0.2, 0.25) is 0 Å². The van der Waals surface area contributed by atoms with Gasteiger partial charge in [-0.25, -0.2) is 0 Å². The van der Waals surface area contributed by atoms with Gasteiger partial charge in [-0.05, 0) is 23.6 Å². The van der Waals surface area contributed by atoms with Crippen molar-refractivity contribution in [2.24, 2.45) is 5.73 Å². The first kappa shape index (κ1) is 16.8. The number of hydrogen-bond acceptors (Lipinski definition) is 1. The Bertz CT molecular complexity index is 865. The summed E-state index contributed by atoms with van der Waals surface area (Å²) in [5, 5.41) is 0. The van der Waals surface area contributed by atoms with Crippen LogP contribution >= 0.6 is 0 Å². The molecule has 0 radical (unpaired) electrons. The molecule has 0 saturated carbocycles. The van der Waals surface area contributed by atoms with Crippen LogP contribution in [0.25, 0.3) is 0 Å². The van der Waals surface area contributed by atoms with Gasteiger partial charge in [0.15, 0.2) is 0 Å². The highest BCUT2D eigenvalue weighted by Gasteiger charge is 2.36. The maximum Gasteiger partial charge on any atom is 0.0221 e. The predicted molar refractivity (Wildman–Crippen MR) is 109 cm³/mol. The minimum Gasteiger partial charge on any atom is -0.326 e. The van der Waals surface area contributed by atoms with E-state index in [0.29, 0.717) is 5.92 Å². The third kappa shape index (κ3) is 3.23. The van der Waals surface area contributed by atoms with Crippen LogP contribution in [0.15, 0.2) is 97.1 Å². The first-order valence-corrected chi connectivity index (χ1v) is 9.34. The number of hydrogen-bond donors (Lipinski definition) is 1. The lowest BCUT2D eigenvalue weighted by Gasteiger charge is -2.38. The maximum absolute atomic E-state index is 6.90. The second kappa shape index (κ2) is 7.31. The van der Waals surface area contributed by atoms with E-state index in [0.717, 1.165) is 0 Å². The van der Waals surface area contributed by atoms with E-state index in [1.165, 1.54) is 22.3 Å². The monoisotopic (exact) mass is 339 g/mol. The van der Waals surface area contributed by atoms with Crippen molar-refractivity contribution in [3.8, 4) is 0 Å². The number of allylic oxidation sites excluding steroid dienone is 1. The second-order valence-electron chi connectivity index (χ2n) is 7.27. The van der Waals surface area contributed by atoms with Crippen LogP contribution in [0.2, 0.25) is 0 Å². The van der Waals surface area contributed by atoms with E-state index in [1.54, 1.807) is 0 Å². The zero-order valence-corrected chi connectivity index (χ0v) is 15.1. The molecule has 4 rings (SSSR count). The zero-order chi connectivity index (χ0) is 17.9. The van der Waals surface area contributed by atoms with Crippen LogP contribution in [0, 0.1) is 6.92 Å². The lowest BCUT2D eigenvalue weighted by molar-refractivity contribution is 0.439. The third-order valence-corrected chi connectivity index (χ3v) is 5.57. The summed E-state index contributed by atoms with van der Waals surface area (Å²) in [6, 6.07) is 30.3. The Morgan fingerprint density at radius 1 is 0.577 bits per heavy atom. The van der Waals surface area contributed by atoms with Crippen molar-refractivity contribution < 1.29 is 0 Å². The van der Waals surface area contributed by atoms with Gasteiger partial charge in [0.25, 0.3) is 0 Å². The van der Waals surface area contributed by atoms with E-state index in [-0.39, 0.29) is 17.9 Å². The number of aryl methyl sites for hydroxylation is 1. The van der Waals surface area contributed by atoms with E-state index in [9.17, 15) is 0 Å². The molecule has 0 saturated heterocycles. The minimum atomic E-state index is 0.0373. The van der Waals surface area contributed by atoms with Crippen molar-refractivity contribution in [2.75, 3.05) is 0 Å². The van der Waals surface area contributed by atoms with Crippen molar-refractivity contribution in [3.05, 3.63) is 119 Å². The molecule has 1 heteroatoms. The van der Waals surface area contributed by atoms with Crippen LogP contribution in [0.4, 0.5) is 0 Å². The Labute approximate surface area is 156 Å². The molecule has 0 heterocycles. The number of nitrogens with two attached hydrogens (primary N) is 1. The van der Waals surface area contributed by atoms with Crippen molar-refractivity contribution in [3.63, 3.8) is 0 Å². The normalized spacial score (nSPS) is 25.2. The molecule has 0 aliphatic heterocycles. The Hall–Kier alpha value is -2.64. The van der Waals surface area contributed by atoms with Crippen LogP contribution in [0.1, 0.15) is 40.0 Å². The fourth-order valence-electron chi connectivity index (χ4n) is 4.17. The highest BCUT2D eigenvalue weighted by molar-refractivity contribution is 5.41. The molecule has 0 spiro atoms. The molecular weight excluding hydrogens is 314 g/mol. The van der Waals surface area contributed by atoms with E-state index in [4.69, 9.17) is 5.73 Å². The van der Waals surface area contributed by atoms with Crippen LogP contribution in [-0.2, 0) is 0 Å². The largest absolute Gasteiger partial charge is 0.326 e. The summed E-state index contributed by atoms with van der Waals surface area (Å²) in [4.78, 5) is 0. The molecule has 1 aliphatic carbocycles. The third-order valence-electron chi connectivity index (χ3n) is 5.57. The standard InChI is InChI=1S/C25H25N/c1-18-12-14-21(15-13-18)24-22(19-8-4-2-5-9-19)16-17-23(25(24)26)20-10-6-3-7-11-20/h2-17,22-25H,26H2,1H3/t22-,23+,24-,25-/m1/s1. The van der Waals surface area contributed by atoms with Crippen molar-refractivity contribution in [1.29, 1.82) is 0 Å². The maximum atomic E-state index is 6.90. The fraction of sp³-hybridized carbons (Fsp3) is 0.200. The zero-order valence-electron chi connectivity index (χ0n) is 15.1. The van der Waals surface area contributed by atoms with Gasteiger partial charge in [-0.15, -0.1) is 0 Å². The lowest BCUT2D eigenvalue weighted by atomic mass is 9.68. The molecule has 1 nitrogen and oxygen atoms in total. The highest BCUT2D eigenvalue weighted by atomic mass is 14.7. The van der Waals surface area contributed by atoms with Crippen LogP contribution in [0.3, 0.4) is 0 Å². The Kier molecular flexibility index (Phi) is 4.73. The van der Waals surface area contributed by atoms with E-state index in [1.807, 2.05) is 0 Å². The van der Waals surface area contributed by atoms with Gasteiger partial charge < -0.3 is 5.73 Å². The van der Waals surface area contributed by atoms with Crippen molar-refractivity contribution >= 4 is 0 Å². The number of rotatable bonds is 3. The average Bonchev–Trinajstić information content (AvgIpc) is 2.70. The van der Waals surface area contributed by atoms with Gasteiger partial charge in [0, 0.05) is 23.8 Å². The molecule has 130 valence electrons. The summed E-state index contributed by atoms with van der Waals surface area (Å²) in [7, 11) is 0. The Balaban J connectivity index is 1.79. The average molecular weight is 339 g/mol. The van der Waals surface area contributed by atoms with Crippen molar-refractivity contribution in [2.45, 2.75) is 30.7 Å². The van der Waals surface area contributed by atoms with Crippen molar-refractivity contribution in [1.82, 2.24) is 0 Å². The first-order valence-electron chi connectivity index (χ1n) is 9.34. The summed E-state index contributed by atoms with van der Waals surface area (Å²) in [6.07, 6.45) is 4.67. The molecule has 0 unspecified atom stereocenters. The molecule has 0 amide bonds. The molecule has 4 atom stereocenters. The Morgan fingerprint density at radius 3 is 1.65 bits per heavy atom. The summed E-state index contributed by atoms with van der Waals surface area (Å²) < 4.78 is 0. The van der Waals surface area contributed by atoms with Gasteiger partial charge in [-0.1, -0.05) is 103 Å². The molecule has 0 fully saturated rings. The van der Waals surface area contributed by atoms with E-state index >= 15 is 0 Å². The minimum absolute atomic E-state index is 0.0373. The van der Waals surface area contributed by atoms with Gasteiger partial charge in [-0.3, -0.25) is 0 Å². The molecule has 26 heavy (non-hydrogen) atoms. The molecule has 3 aromatic rings. The molecule has 0 bridgehead atoms. The topological polar surface area (TPSA) is 26.0 Å². The number of benzene rings is 3. The summed E-state index contributed by atoms with van der Waals surface area (Å²) in [6.45, 7) is 2.13. The van der Waals surface area contributed by atoms with Crippen LogP contribution in [0.5, 0.6) is 0 Å². The highest BCUT2D eigenvalue weighted by Crippen LogP contribution is 2.44. The molecule has 3 aromatic carbocycles. The van der Waals surface area contributed by atoms with Gasteiger partial charge in [0.05, 0.1) is 0 Å². The van der Waals surface area contributed by atoms with Gasteiger partial charge in [-0.2, -0.15) is 0 Å². The van der Waals surface area contributed by atoms with E-state index in [2.05, 4.69) is 104 Å². The molecule has 2 N–H and O–H groups in total. The summed E-state index contributed by atoms with van der Waals surface area (Å²) in [5.41, 5.74) is 12.1. The van der Waals surface area contributed by atoms with E-state index < -0.39 is 0 Å². The first-order chi connectivity index (χ1) is 12.7. The molecular formula is C25H25N. The van der Waals surface area contributed by atoms with Gasteiger partial charge in [0.1, 0.15) is 0 Å². The van der Waals surface area contributed by atoms with Crippen LogP contribution < -0.4 is 5.73 Å². The Morgan fingerprint density at radius 2 is 1.08 bits per heavy atom.